The summed E-state index contributed by atoms with van der Waals surface area (Å²) in [5.41, 5.74) is -0.863. The first-order chi connectivity index (χ1) is 5.96. The summed E-state index contributed by atoms with van der Waals surface area (Å²) in [5.74, 6) is -0.136. The first-order valence-corrected chi connectivity index (χ1v) is 4.14. The first kappa shape index (κ1) is 13.8. The van der Waals surface area contributed by atoms with Crippen LogP contribution in [0.4, 0.5) is 13.2 Å². The Bertz CT molecular complexity index is 314. The predicted octanol–water partition coefficient (Wildman–Crippen LogP) is 3.91. The Hall–Kier alpha value is -0.190. The standard InChI is InChI=1S/C7H4Cl2F3N.ClH/c8-3-5-6(9)4(1-2-13-5)7(10,11)12;/h1-2H,3H2;1H. The van der Waals surface area contributed by atoms with Gasteiger partial charge in [-0.2, -0.15) is 13.2 Å². The number of hydrogen-bond donors (Lipinski definition) is 0. The zero-order chi connectivity index (χ0) is 10.1. The third-order valence-corrected chi connectivity index (χ3v) is 2.07. The predicted molar refractivity (Wildman–Crippen MR) is 51.1 cm³/mol. The van der Waals surface area contributed by atoms with Crippen molar-refractivity contribution in [2.75, 3.05) is 0 Å². The van der Waals surface area contributed by atoms with Crippen LogP contribution in [-0.2, 0) is 12.1 Å². The normalized spacial score (nSPS) is 10.9. The third kappa shape index (κ3) is 2.90. The van der Waals surface area contributed by atoms with E-state index in [1.54, 1.807) is 0 Å². The molecule has 1 rings (SSSR count). The van der Waals surface area contributed by atoms with E-state index in [2.05, 4.69) is 4.98 Å². The smallest absolute Gasteiger partial charge is 0.258 e. The molecule has 1 heterocycles. The second kappa shape index (κ2) is 5.05. The quantitative estimate of drug-likeness (QED) is 0.702. The highest BCUT2D eigenvalue weighted by Crippen LogP contribution is 2.35. The summed E-state index contributed by atoms with van der Waals surface area (Å²) in [6, 6.07) is 0.818. The fourth-order valence-corrected chi connectivity index (χ4v) is 1.36. The number of halogens is 6. The van der Waals surface area contributed by atoms with E-state index in [0.717, 1.165) is 12.3 Å². The summed E-state index contributed by atoms with van der Waals surface area (Å²) in [5, 5.41) is -0.426. The Balaban J connectivity index is 0.00000169. The minimum Gasteiger partial charge on any atom is -0.258 e. The average molecular weight is 266 g/mol. The molecule has 0 atom stereocenters. The number of alkyl halides is 4. The van der Waals surface area contributed by atoms with Crippen LogP contribution in [0.5, 0.6) is 0 Å². The summed E-state index contributed by atoms with van der Waals surface area (Å²) in [7, 11) is 0. The molecule has 1 aromatic heterocycles. The van der Waals surface area contributed by atoms with E-state index in [-0.39, 0.29) is 24.0 Å². The first-order valence-electron chi connectivity index (χ1n) is 3.23. The van der Waals surface area contributed by atoms with E-state index in [1.165, 1.54) is 0 Å². The van der Waals surface area contributed by atoms with Crippen molar-refractivity contribution in [3.05, 3.63) is 28.5 Å². The number of pyridine rings is 1. The lowest BCUT2D eigenvalue weighted by Gasteiger charge is -2.09. The highest BCUT2D eigenvalue weighted by Gasteiger charge is 2.34. The molecule has 0 saturated heterocycles. The summed E-state index contributed by atoms with van der Waals surface area (Å²) in [6.45, 7) is 0. The molecular weight excluding hydrogens is 261 g/mol. The van der Waals surface area contributed by atoms with E-state index in [1.807, 2.05) is 0 Å². The van der Waals surface area contributed by atoms with Gasteiger partial charge in [0.05, 0.1) is 22.2 Å². The van der Waals surface area contributed by atoms with E-state index in [9.17, 15) is 13.2 Å². The van der Waals surface area contributed by atoms with Crippen molar-refractivity contribution >= 4 is 35.6 Å². The van der Waals surface area contributed by atoms with Crippen LogP contribution in [0.3, 0.4) is 0 Å². The van der Waals surface area contributed by atoms with Crippen molar-refractivity contribution in [1.82, 2.24) is 4.98 Å². The summed E-state index contributed by atoms with van der Waals surface area (Å²) in [4.78, 5) is 3.61. The van der Waals surface area contributed by atoms with Crippen LogP contribution in [0.2, 0.25) is 5.02 Å². The molecule has 0 spiro atoms. The Morgan fingerprint density at radius 2 is 1.93 bits per heavy atom. The monoisotopic (exact) mass is 265 g/mol. The van der Waals surface area contributed by atoms with Crippen LogP contribution >= 0.6 is 35.6 Å². The van der Waals surface area contributed by atoms with Gasteiger partial charge in [0.2, 0.25) is 0 Å². The van der Waals surface area contributed by atoms with Crippen LogP contribution in [0.15, 0.2) is 12.3 Å². The SMILES string of the molecule is Cl.FC(F)(F)c1ccnc(CCl)c1Cl. The lowest BCUT2D eigenvalue weighted by molar-refractivity contribution is -0.137. The molecule has 1 aromatic rings. The van der Waals surface area contributed by atoms with E-state index in [4.69, 9.17) is 23.2 Å². The molecule has 0 aliphatic rings. The number of rotatable bonds is 1. The Morgan fingerprint density at radius 1 is 1.36 bits per heavy atom. The molecule has 0 amide bonds. The summed E-state index contributed by atoms with van der Waals surface area (Å²) in [6.07, 6.45) is -3.42. The van der Waals surface area contributed by atoms with Gasteiger partial charge < -0.3 is 0 Å². The van der Waals surface area contributed by atoms with Gasteiger partial charge in [-0.15, -0.1) is 24.0 Å². The highest BCUT2D eigenvalue weighted by atomic mass is 35.5. The van der Waals surface area contributed by atoms with Gasteiger partial charge >= 0.3 is 6.18 Å². The number of hydrogen-bond acceptors (Lipinski definition) is 1. The fourth-order valence-electron chi connectivity index (χ4n) is 0.799. The topological polar surface area (TPSA) is 12.9 Å². The molecule has 0 radical (unpaired) electrons. The number of nitrogens with zero attached hydrogens (tertiary/aromatic N) is 1. The van der Waals surface area contributed by atoms with Crippen molar-refractivity contribution in [1.29, 1.82) is 0 Å². The molecule has 0 aliphatic heterocycles. The largest absolute Gasteiger partial charge is 0.417 e. The maximum atomic E-state index is 12.2. The molecule has 80 valence electrons. The lowest BCUT2D eigenvalue weighted by Crippen LogP contribution is -2.07. The fraction of sp³-hybridized carbons (Fsp3) is 0.286. The minimum absolute atomic E-state index is 0. The van der Waals surface area contributed by atoms with Crippen LogP contribution in [0.1, 0.15) is 11.3 Å². The maximum absolute atomic E-state index is 12.2. The molecule has 7 heteroatoms. The van der Waals surface area contributed by atoms with Crippen molar-refractivity contribution in [2.24, 2.45) is 0 Å². The van der Waals surface area contributed by atoms with Crippen molar-refractivity contribution < 1.29 is 13.2 Å². The molecule has 0 aromatic carbocycles. The van der Waals surface area contributed by atoms with Crippen LogP contribution < -0.4 is 0 Å². The van der Waals surface area contributed by atoms with Crippen LogP contribution in [0, 0.1) is 0 Å². The van der Waals surface area contributed by atoms with Gasteiger partial charge in [-0.25, -0.2) is 0 Å². The molecular formula is C7H5Cl3F3N. The molecule has 0 bridgehead atoms. The zero-order valence-corrected chi connectivity index (χ0v) is 8.94. The van der Waals surface area contributed by atoms with Gasteiger partial charge in [0, 0.05) is 6.20 Å². The molecule has 0 fully saturated rings. The summed E-state index contributed by atoms with van der Waals surface area (Å²) >= 11 is 10.8. The second-order valence-electron chi connectivity index (χ2n) is 2.25. The second-order valence-corrected chi connectivity index (χ2v) is 2.90. The molecule has 14 heavy (non-hydrogen) atoms. The van der Waals surface area contributed by atoms with Gasteiger partial charge in [0.1, 0.15) is 0 Å². The van der Waals surface area contributed by atoms with E-state index >= 15 is 0 Å². The lowest BCUT2D eigenvalue weighted by atomic mass is 10.2. The third-order valence-electron chi connectivity index (χ3n) is 1.39. The van der Waals surface area contributed by atoms with E-state index in [0.29, 0.717) is 0 Å². The zero-order valence-electron chi connectivity index (χ0n) is 6.61. The van der Waals surface area contributed by atoms with Crippen molar-refractivity contribution in [3.8, 4) is 0 Å². The van der Waals surface area contributed by atoms with Crippen LogP contribution in [-0.4, -0.2) is 4.98 Å². The Kier molecular flexibility index (Phi) is 4.98. The van der Waals surface area contributed by atoms with Gasteiger partial charge in [0.25, 0.3) is 0 Å². The van der Waals surface area contributed by atoms with E-state index < -0.39 is 16.8 Å². The Labute approximate surface area is 94.6 Å². The van der Waals surface area contributed by atoms with Gasteiger partial charge in [-0.1, -0.05) is 11.6 Å². The molecule has 0 aliphatic carbocycles. The molecule has 0 N–H and O–H groups in total. The molecule has 0 unspecified atom stereocenters. The number of aromatic nitrogens is 1. The van der Waals surface area contributed by atoms with Crippen LogP contribution in [0.25, 0.3) is 0 Å². The maximum Gasteiger partial charge on any atom is 0.417 e. The molecule has 1 nitrogen and oxygen atoms in total. The summed E-state index contributed by atoms with van der Waals surface area (Å²) < 4.78 is 36.6. The average Bonchev–Trinajstić information content (AvgIpc) is 2.02. The van der Waals surface area contributed by atoms with Crippen molar-refractivity contribution in [2.45, 2.75) is 12.1 Å². The highest BCUT2D eigenvalue weighted by molar-refractivity contribution is 6.32. The van der Waals surface area contributed by atoms with Crippen molar-refractivity contribution in [3.63, 3.8) is 0 Å². The Morgan fingerprint density at radius 3 is 2.36 bits per heavy atom. The minimum atomic E-state index is -4.46. The van der Waals surface area contributed by atoms with Gasteiger partial charge in [0.15, 0.2) is 0 Å². The molecule has 0 saturated carbocycles. The van der Waals surface area contributed by atoms with Gasteiger partial charge in [-0.05, 0) is 6.07 Å². The van der Waals surface area contributed by atoms with Gasteiger partial charge in [-0.3, -0.25) is 4.98 Å².